The van der Waals surface area contributed by atoms with Crippen molar-refractivity contribution in [2.24, 2.45) is 0 Å². The van der Waals surface area contributed by atoms with Crippen LogP contribution in [0.15, 0.2) is 0 Å². The minimum absolute atomic E-state index is 0.461. The summed E-state index contributed by atoms with van der Waals surface area (Å²) < 4.78 is 23.0. The average Bonchev–Trinajstić information content (AvgIpc) is 1.87. The van der Waals surface area contributed by atoms with Crippen LogP contribution in [0.25, 0.3) is 0 Å². The number of hydrogen-bond acceptors (Lipinski definition) is 2. The van der Waals surface area contributed by atoms with E-state index in [2.05, 4.69) is 9.94 Å². The summed E-state index contributed by atoms with van der Waals surface area (Å²) >= 11 is -3.33. The van der Waals surface area contributed by atoms with Crippen molar-refractivity contribution in [2.75, 3.05) is 6.61 Å². The molecule has 0 spiro atoms. The summed E-state index contributed by atoms with van der Waals surface area (Å²) in [6, 6.07) is 0. The fourth-order valence-corrected chi connectivity index (χ4v) is 1.49. The molecule has 0 saturated carbocycles. The molecule has 0 unspecified atom stereocenters. The zero-order chi connectivity index (χ0) is 7.82. The van der Waals surface area contributed by atoms with Gasteiger partial charge in [-0.2, -0.15) is 0 Å². The van der Waals surface area contributed by atoms with Gasteiger partial charge in [0.25, 0.3) is 0 Å². The summed E-state index contributed by atoms with van der Waals surface area (Å²) in [4.78, 5) is 0. The zero-order valence-corrected chi connectivity index (χ0v) is 8.80. The molecule has 0 rings (SSSR count). The average molecular weight is 256 g/mol. The van der Waals surface area contributed by atoms with Crippen molar-refractivity contribution in [1.82, 2.24) is 0 Å². The first-order chi connectivity index (χ1) is 4.77. The van der Waals surface area contributed by atoms with E-state index in [1.807, 2.05) is 0 Å². The summed E-state index contributed by atoms with van der Waals surface area (Å²) in [6.07, 6.45) is 4.38. The molecule has 0 bridgehead atoms. The van der Waals surface area contributed by atoms with Gasteiger partial charge in [-0.3, -0.25) is 0 Å². The Bertz CT molecular complexity index is 95.0. The van der Waals surface area contributed by atoms with Crippen LogP contribution in [0.3, 0.4) is 0 Å². The van der Waals surface area contributed by atoms with Crippen molar-refractivity contribution in [3.05, 3.63) is 0 Å². The van der Waals surface area contributed by atoms with Crippen LogP contribution in [0.5, 0.6) is 0 Å². The maximum absolute atomic E-state index is 10.1. The van der Waals surface area contributed by atoms with Gasteiger partial charge in [0.05, 0.1) is 0 Å². The van der Waals surface area contributed by atoms with Crippen molar-refractivity contribution in [2.45, 2.75) is 32.6 Å². The zero-order valence-electron chi connectivity index (χ0n) is 6.25. The van der Waals surface area contributed by atoms with E-state index in [1.54, 1.807) is 0 Å². The molecule has 0 aromatic carbocycles. The van der Waals surface area contributed by atoms with Gasteiger partial charge in [-0.25, -0.2) is 0 Å². The second-order valence-electron chi connectivity index (χ2n) is 2.13. The van der Waals surface area contributed by atoms with Gasteiger partial charge in [0.15, 0.2) is 0 Å². The van der Waals surface area contributed by atoms with Crippen LogP contribution < -0.4 is 0 Å². The standard InChI is InChI=1S/C6H13O.H2O.O.Sb/c1-2-3-4-5-6-7;;;/h2-6H2,1H3;1H2;;/q-1;;;+2/p-1. The second-order valence-corrected chi connectivity index (χ2v) is 4.23. The molecule has 0 aliphatic heterocycles. The summed E-state index contributed by atoms with van der Waals surface area (Å²) in [5.41, 5.74) is 0. The van der Waals surface area contributed by atoms with E-state index in [-0.39, 0.29) is 0 Å². The van der Waals surface area contributed by atoms with E-state index in [0.717, 1.165) is 12.8 Å². The third-order valence-electron chi connectivity index (χ3n) is 1.20. The van der Waals surface area contributed by atoms with Crippen LogP contribution >= 0.6 is 0 Å². The summed E-state index contributed by atoms with van der Waals surface area (Å²) in [5.74, 6) is 0. The normalized spacial score (nSPS) is 9.80. The predicted octanol–water partition coefficient (Wildman–Crippen LogP) is 0.991. The Hall–Kier alpha value is 0.538. The predicted molar refractivity (Wildman–Crippen MR) is 38.8 cm³/mol. The van der Waals surface area contributed by atoms with E-state index in [9.17, 15) is 3.02 Å². The third-order valence-corrected chi connectivity index (χ3v) is 2.35. The molecule has 0 fully saturated rings. The molecule has 0 amide bonds. The van der Waals surface area contributed by atoms with Crippen LogP contribution in [0.2, 0.25) is 0 Å². The molecule has 0 atom stereocenters. The Labute approximate surface area is 69.9 Å². The Balaban J connectivity index is 2.84. The molecule has 10 heavy (non-hydrogen) atoms. The fraction of sp³-hybridized carbons (Fsp3) is 1.00. The van der Waals surface area contributed by atoms with Gasteiger partial charge in [-0.05, 0) is 0 Å². The maximum atomic E-state index is 10.1. The van der Waals surface area contributed by atoms with E-state index < -0.39 is 21.0 Å². The monoisotopic (exact) mass is 255 g/mol. The Morgan fingerprint density at radius 3 is 2.60 bits per heavy atom. The molecule has 0 aromatic heterocycles. The van der Waals surface area contributed by atoms with E-state index in [1.165, 1.54) is 12.8 Å². The first-order valence-corrected chi connectivity index (χ1v) is 6.79. The van der Waals surface area contributed by atoms with Gasteiger partial charge in [0.1, 0.15) is 0 Å². The Kier molecular flexibility index (Phi) is 8.05. The molecule has 0 saturated heterocycles. The molecule has 0 heterocycles. The number of rotatable bonds is 6. The summed E-state index contributed by atoms with van der Waals surface area (Å²) in [5, 5.41) is 0. The molecular weight excluding hydrogens is 242 g/mol. The minimum atomic E-state index is -3.33. The van der Waals surface area contributed by atoms with E-state index >= 15 is 0 Å². The van der Waals surface area contributed by atoms with Crippen LogP contribution in [-0.2, 0) is 6.03 Å². The molecule has 0 aliphatic carbocycles. The van der Waals surface area contributed by atoms with Gasteiger partial charge in [-0.1, -0.05) is 0 Å². The van der Waals surface area contributed by atoms with Gasteiger partial charge in [-0.15, -0.1) is 0 Å². The number of hydrogen-bond donors (Lipinski definition) is 1. The quantitative estimate of drug-likeness (QED) is 0.569. The van der Waals surface area contributed by atoms with Crippen LogP contribution in [0.4, 0.5) is 0 Å². The van der Waals surface area contributed by atoms with Gasteiger partial charge in [0.2, 0.25) is 0 Å². The number of unbranched alkanes of at least 4 members (excludes halogenated alkanes) is 3. The van der Waals surface area contributed by atoms with Crippen molar-refractivity contribution >= 4 is 21.0 Å². The van der Waals surface area contributed by atoms with Crippen molar-refractivity contribution < 1.29 is 9.42 Å². The first-order valence-electron chi connectivity index (χ1n) is 3.56. The third kappa shape index (κ3) is 8.54. The molecule has 1 N–H and O–H groups in total. The topological polar surface area (TPSA) is 46.5 Å². The van der Waals surface area contributed by atoms with Crippen LogP contribution in [0.1, 0.15) is 32.6 Å². The van der Waals surface area contributed by atoms with Crippen LogP contribution in [0, 0.1) is 0 Å². The van der Waals surface area contributed by atoms with Gasteiger partial charge >= 0.3 is 69.7 Å². The molecule has 61 valence electrons. The molecule has 3 nitrogen and oxygen atoms in total. The fourth-order valence-electron chi connectivity index (χ4n) is 0.671. The molecule has 0 aliphatic rings. The SMILES string of the molecule is CCCCCC[O][Sb](=[O])[OH]. The first kappa shape index (κ1) is 10.5. The molecular formula is C6H14O3Sb. The van der Waals surface area contributed by atoms with Crippen molar-refractivity contribution in [1.29, 1.82) is 0 Å². The Morgan fingerprint density at radius 2 is 2.10 bits per heavy atom. The van der Waals surface area contributed by atoms with E-state index in [4.69, 9.17) is 3.39 Å². The second kappa shape index (κ2) is 7.64. The summed E-state index contributed by atoms with van der Waals surface area (Å²) in [7, 11) is 0. The molecule has 1 radical (unpaired) electrons. The van der Waals surface area contributed by atoms with Gasteiger partial charge < -0.3 is 0 Å². The van der Waals surface area contributed by atoms with Crippen molar-refractivity contribution in [3.63, 3.8) is 0 Å². The summed E-state index contributed by atoms with van der Waals surface area (Å²) in [6.45, 7) is 2.59. The molecule has 4 heteroatoms. The van der Waals surface area contributed by atoms with Crippen LogP contribution in [-0.4, -0.2) is 31.0 Å². The van der Waals surface area contributed by atoms with Crippen molar-refractivity contribution in [3.8, 4) is 0 Å². The van der Waals surface area contributed by atoms with E-state index in [0.29, 0.717) is 6.61 Å². The van der Waals surface area contributed by atoms with Gasteiger partial charge in [0, 0.05) is 0 Å². The Morgan fingerprint density at radius 1 is 1.40 bits per heavy atom. The molecule has 0 aromatic rings.